The lowest BCUT2D eigenvalue weighted by Crippen LogP contribution is -2.37. The second-order valence-corrected chi connectivity index (χ2v) is 6.44. The molecule has 0 radical (unpaired) electrons. The Bertz CT molecular complexity index is 935. The van der Waals surface area contributed by atoms with Crippen molar-refractivity contribution < 1.29 is 9.59 Å². The Morgan fingerprint density at radius 2 is 1.54 bits per heavy atom. The zero-order valence-corrected chi connectivity index (χ0v) is 14.4. The van der Waals surface area contributed by atoms with E-state index < -0.39 is 0 Å². The number of amides is 2. The van der Waals surface area contributed by atoms with Crippen molar-refractivity contribution in [2.24, 2.45) is 0 Å². The van der Waals surface area contributed by atoms with Crippen LogP contribution in [0.2, 0.25) is 0 Å². The van der Waals surface area contributed by atoms with Crippen LogP contribution in [0.4, 0.5) is 0 Å². The standard InChI is InChI=1S/C20H20N4O2/c25-19(15-5-2-1-3-6-15)23-9-4-10-24(12-11-23)20(26)16-7-8-17-18(13-16)22-14-21-17/h1-3,5-8,13-14H,4,9-12H2,(H,21,22). The lowest BCUT2D eigenvalue weighted by atomic mass is 10.1. The van der Waals surface area contributed by atoms with Crippen LogP contribution in [0, 0.1) is 0 Å². The monoisotopic (exact) mass is 348 g/mol. The summed E-state index contributed by atoms with van der Waals surface area (Å²) in [4.78, 5) is 36.4. The minimum Gasteiger partial charge on any atom is -0.345 e. The molecule has 0 spiro atoms. The molecule has 1 aliphatic heterocycles. The highest BCUT2D eigenvalue weighted by Gasteiger charge is 2.23. The van der Waals surface area contributed by atoms with Gasteiger partial charge in [0.2, 0.25) is 0 Å². The Morgan fingerprint density at radius 1 is 0.846 bits per heavy atom. The molecule has 26 heavy (non-hydrogen) atoms. The fraction of sp³-hybridized carbons (Fsp3) is 0.250. The molecule has 1 fully saturated rings. The maximum atomic E-state index is 12.9. The van der Waals surface area contributed by atoms with Gasteiger partial charge >= 0.3 is 0 Å². The average Bonchev–Trinajstić information content (AvgIpc) is 3.02. The van der Waals surface area contributed by atoms with Gasteiger partial charge in [-0.1, -0.05) is 18.2 Å². The number of rotatable bonds is 2. The number of fused-ring (bicyclic) bond motifs is 1. The number of nitrogens with zero attached hydrogens (tertiary/aromatic N) is 3. The van der Waals surface area contributed by atoms with Gasteiger partial charge < -0.3 is 14.8 Å². The van der Waals surface area contributed by atoms with Crippen molar-refractivity contribution in [1.29, 1.82) is 0 Å². The van der Waals surface area contributed by atoms with E-state index in [9.17, 15) is 9.59 Å². The van der Waals surface area contributed by atoms with Crippen molar-refractivity contribution in [3.05, 3.63) is 66.0 Å². The third-order valence-corrected chi connectivity index (χ3v) is 4.76. The summed E-state index contributed by atoms with van der Waals surface area (Å²) in [7, 11) is 0. The fourth-order valence-electron chi connectivity index (χ4n) is 3.34. The van der Waals surface area contributed by atoms with E-state index in [0.717, 1.165) is 17.5 Å². The Hall–Kier alpha value is -3.15. The molecule has 0 unspecified atom stereocenters. The number of nitrogens with one attached hydrogen (secondary N) is 1. The van der Waals surface area contributed by atoms with Gasteiger partial charge in [0.1, 0.15) is 0 Å². The Morgan fingerprint density at radius 3 is 2.27 bits per heavy atom. The van der Waals surface area contributed by atoms with E-state index in [4.69, 9.17) is 0 Å². The largest absolute Gasteiger partial charge is 0.345 e. The van der Waals surface area contributed by atoms with Crippen LogP contribution in [0.15, 0.2) is 54.9 Å². The van der Waals surface area contributed by atoms with Crippen molar-refractivity contribution in [2.75, 3.05) is 26.2 Å². The van der Waals surface area contributed by atoms with Gasteiger partial charge in [0.25, 0.3) is 11.8 Å². The van der Waals surface area contributed by atoms with Gasteiger partial charge in [0.15, 0.2) is 0 Å². The first-order valence-corrected chi connectivity index (χ1v) is 8.79. The van der Waals surface area contributed by atoms with Crippen LogP contribution < -0.4 is 0 Å². The van der Waals surface area contributed by atoms with E-state index in [1.165, 1.54) is 0 Å². The number of hydrogen-bond acceptors (Lipinski definition) is 3. The molecule has 0 saturated carbocycles. The van der Waals surface area contributed by atoms with Gasteiger partial charge in [-0.25, -0.2) is 4.98 Å². The summed E-state index contributed by atoms with van der Waals surface area (Å²) in [5.74, 6) is 0.0225. The molecule has 2 heterocycles. The molecule has 0 bridgehead atoms. The Labute approximate surface area is 151 Å². The van der Waals surface area contributed by atoms with Crippen molar-refractivity contribution in [2.45, 2.75) is 6.42 Å². The van der Waals surface area contributed by atoms with Crippen molar-refractivity contribution in [1.82, 2.24) is 19.8 Å². The third-order valence-electron chi connectivity index (χ3n) is 4.76. The van der Waals surface area contributed by atoms with Gasteiger partial charge in [-0.05, 0) is 36.8 Å². The predicted molar refractivity (Wildman–Crippen MR) is 99.0 cm³/mol. The molecule has 1 aromatic heterocycles. The predicted octanol–water partition coefficient (Wildman–Crippen LogP) is 2.55. The molecule has 0 atom stereocenters. The molecular formula is C20H20N4O2. The minimum absolute atomic E-state index is 0.00416. The van der Waals surface area contributed by atoms with Crippen LogP contribution in [0.5, 0.6) is 0 Å². The molecule has 2 amide bonds. The number of carbonyl (C=O) groups is 2. The number of aromatic nitrogens is 2. The maximum Gasteiger partial charge on any atom is 0.253 e. The van der Waals surface area contributed by atoms with E-state index >= 15 is 0 Å². The SMILES string of the molecule is O=C(c1ccccc1)N1CCCN(C(=O)c2ccc3nc[nH]c3c2)CC1. The smallest absolute Gasteiger partial charge is 0.253 e. The lowest BCUT2D eigenvalue weighted by molar-refractivity contribution is 0.0719. The summed E-state index contributed by atoms with van der Waals surface area (Å²) >= 11 is 0. The first-order chi connectivity index (χ1) is 12.7. The second kappa shape index (κ2) is 7.00. The zero-order valence-electron chi connectivity index (χ0n) is 14.4. The molecule has 6 nitrogen and oxygen atoms in total. The highest BCUT2D eigenvalue weighted by Crippen LogP contribution is 2.16. The van der Waals surface area contributed by atoms with E-state index in [0.29, 0.717) is 37.3 Å². The summed E-state index contributed by atoms with van der Waals surface area (Å²) in [5, 5.41) is 0. The molecule has 1 N–H and O–H groups in total. The Balaban J connectivity index is 1.46. The van der Waals surface area contributed by atoms with Crippen molar-refractivity contribution >= 4 is 22.8 Å². The molecule has 1 aliphatic rings. The number of H-pyrrole nitrogens is 1. The molecule has 132 valence electrons. The van der Waals surface area contributed by atoms with Crippen LogP contribution in [0.25, 0.3) is 11.0 Å². The molecule has 4 rings (SSSR count). The van der Waals surface area contributed by atoms with E-state index in [-0.39, 0.29) is 11.8 Å². The molecule has 3 aromatic rings. The number of imidazole rings is 1. The summed E-state index contributed by atoms with van der Waals surface area (Å²) in [6.07, 6.45) is 2.40. The Kier molecular flexibility index (Phi) is 4.39. The molecule has 6 heteroatoms. The van der Waals surface area contributed by atoms with Gasteiger partial charge in [0, 0.05) is 37.3 Å². The average molecular weight is 348 g/mol. The quantitative estimate of drug-likeness (QED) is 0.774. The van der Waals surface area contributed by atoms with Gasteiger partial charge in [-0.3, -0.25) is 9.59 Å². The van der Waals surface area contributed by atoms with Gasteiger partial charge in [-0.15, -0.1) is 0 Å². The van der Waals surface area contributed by atoms with Crippen molar-refractivity contribution in [3.63, 3.8) is 0 Å². The molecule has 1 saturated heterocycles. The van der Waals surface area contributed by atoms with Crippen LogP contribution in [0.3, 0.4) is 0 Å². The number of carbonyl (C=O) groups excluding carboxylic acids is 2. The second-order valence-electron chi connectivity index (χ2n) is 6.44. The van der Waals surface area contributed by atoms with Crippen molar-refractivity contribution in [3.8, 4) is 0 Å². The summed E-state index contributed by atoms with van der Waals surface area (Å²) < 4.78 is 0. The van der Waals surface area contributed by atoms with E-state index in [2.05, 4.69) is 9.97 Å². The molecule has 2 aromatic carbocycles. The van der Waals surface area contributed by atoms with Gasteiger partial charge in [0.05, 0.1) is 17.4 Å². The highest BCUT2D eigenvalue weighted by atomic mass is 16.2. The van der Waals surface area contributed by atoms with Crippen LogP contribution in [-0.2, 0) is 0 Å². The van der Waals surface area contributed by atoms with Gasteiger partial charge in [-0.2, -0.15) is 0 Å². The van der Waals surface area contributed by atoms with Crippen LogP contribution >= 0.6 is 0 Å². The zero-order chi connectivity index (χ0) is 17.9. The summed E-state index contributed by atoms with van der Waals surface area (Å²) in [6.45, 7) is 2.40. The molecular weight excluding hydrogens is 328 g/mol. The number of aromatic amines is 1. The summed E-state index contributed by atoms with van der Waals surface area (Å²) in [6, 6.07) is 14.8. The highest BCUT2D eigenvalue weighted by molar-refractivity contribution is 5.97. The number of benzene rings is 2. The van der Waals surface area contributed by atoms with E-state index in [1.54, 1.807) is 6.33 Å². The minimum atomic E-state index is -0.00416. The first-order valence-electron chi connectivity index (χ1n) is 8.79. The van der Waals surface area contributed by atoms with Crippen LogP contribution in [0.1, 0.15) is 27.1 Å². The maximum absolute atomic E-state index is 12.9. The normalized spacial score (nSPS) is 15.1. The third kappa shape index (κ3) is 3.18. The topological polar surface area (TPSA) is 69.3 Å². The molecule has 0 aliphatic carbocycles. The first kappa shape index (κ1) is 16.3. The van der Waals surface area contributed by atoms with E-state index in [1.807, 2.05) is 58.3 Å². The fourth-order valence-corrected chi connectivity index (χ4v) is 3.34. The summed E-state index contributed by atoms with van der Waals surface area (Å²) in [5.41, 5.74) is 3.03. The number of hydrogen-bond donors (Lipinski definition) is 1. The van der Waals surface area contributed by atoms with Crippen LogP contribution in [-0.4, -0.2) is 57.8 Å². The lowest BCUT2D eigenvalue weighted by Gasteiger charge is -2.22.